The van der Waals surface area contributed by atoms with Crippen LogP contribution in [0.25, 0.3) is 10.9 Å². The minimum atomic E-state index is -1.18. The van der Waals surface area contributed by atoms with Gasteiger partial charge in [0.25, 0.3) is 0 Å². The highest BCUT2D eigenvalue weighted by molar-refractivity contribution is 5.83. The molecule has 90 valence electrons. The van der Waals surface area contributed by atoms with E-state index in [1.54, 1.807) is 12.3 Å². The van der Waals surface area contributed by atoms with Crippen LogP contribution >= 0.6 is 0 Å². The second kappa shape index (κ2) is 4.42. The number of aromatic nitrogens is 1. The quantitative estimate of drug-likeness (QED) is 0.431. The molecule has 17 heavy (non-hydrogen) atoms. The Morgan fingerprint density at radius 3 is 3.00 bits per heavy atom. The summed E-state index contributed by atoms with van der Waals surface area (Å²) in [5, 5.41) is 10.1. The maximum absolute atomic E-state index is 13.1. The van der Waals surface area contributed by atoms with Crippen LogP contribution in [0.2, 0.25) is 0 Å². The number of aromatic amines is 1. The fourth-order valence-corrected chi connectivity index (χ4v) is 1.69. The number of hydrogen-bond acceptors (Lipinski definition) is 2. The fraction of sp³-hybridized carbons (Fsp3) is 0.182. The van der Waals surface area contributed by atoms with Crippen molar-refractivity contribution in [1.82, 2.24) is 9.99 Å². The van der Waals surface area contributed by atoms with Gasteiger partial charge in [0.15, 0.2) is 0 Å². The van der Waals surface area contributed by atoms with Crippen molar-refractivity contribution in [3.63, 3.8) is 0 Å². The third-order valence-corrected chi connectivity index (χ3v) is 2.60. The summed E-state index contributed by atoms with van der Waals surface area (Å²) in [6, 6.07) is 4.43. The van der Waals surface area contributed by atoms with Crippen molar-refractivity contribution in [2.75, 3.05) is 6.54 Å². The average molecular weight is 237 g/mol. The number of carbonyl (C=O) groups is 1. The summed E-state index contributed by atoms with van der Waals surface area (Å²) >= 11 is 0. The maximum atomic E-state index is 13.1. The predicted molar refractivity (Wildman–Crippen MR) is 60.9 cm³/mol. The van der Waals surface area contributed by atoms with Gasteiger partial charge in [-0.15, -0.1) is 0 Å². The molecule has 1 aromatic heterocycles. The third-order valence-electron chi connectivity index (χ3n) is 2.60. The van der Waals surface area contributed by atoms with Crippen LogP contribution in [0.3, 0.4) is 0 Å². The summed E-state index contributed by atoms with van der Waals surface area (Å²) in [5.41, 5.74) is 1.66. The number of nitrogens with one attached hydrogen (secondary N) is 1. The molecule has 0 spiro atoms. The van der Waals surface area contributed by atoms with Gasteiger partial charge in [-0.1, -0.05) is 0 Å². The van der Waals surface area contributed by atoms with Gasteiger partial charge in [0.1, 0.15) is 5.82 Å². The van der Waals surface area contributed by atoms with Crippen molar-refractivity contribution in [3.8, 4) is 0 Å². The van der Waals surface area contributed by atoms with Crippen LogP contribution in [-0.4, -0.2) is 27.7 Å². The summed E-state index contributed by atoms with van der Waals surface area (Å²) in [4.78, 5) is 13.5. The lowest BCUT2D eigenvalue weighted by Gasteiger charge is -2.11. The maximum Gasteiger partial charge on any atom is 0.421 e. The molecular formula is C11H12FN3O2. The average Bonchev–Trinajstić information content (AvgIpc) is 2.68. The molecule has 1 amide bonds. The Morgan fingerprint density at radius 2 is 2.29 bits per heavy atom. The first-order chi connectivity index (χ1) is 8.08. The van der Waals surface area contributed by atoms with Gasteiger partial charge in [-0.05, 0) is 30.2 Å². The Bertz CT molecular complexity index is 553. The minimum Gasteiger partial charge on any atom is -0.464 e. The number of rotatable bonds is 3. The first-order valence-electron chi connectivity index (χ1n) is 5.08. The largest absolute Gasteiger partial charge is 0.464 e. The summed E-state index contributed by atoms with van der Waals surface area (Å²) in [6.45, 7) is 0.165. The SMILES string of the molecule is NN(CCc1c[nH]c2ccc(F)cc12)C(=O)O. The van der Waals surface area contributed by atoms with E-state index in [9.17, 15) is 9.18 Å². The van der Waals surface area contributed by atoms with Crippen LogP contribution < -0.4 is 5.84 Å². The highest BCUT2D eigenvalue weighted by Crippen LogP contribution is 2.19. The van der Waals surface area contributed by atoms with E-state index in [0.717, 1.165) is 16.5 Å². The van der Waals surface area contributed by atoms with Crippen molar-refractivity contribution in [2.45, 2.75) is 6.42 Å². The Hall–Kier alpha value is -2.08. The molecule has 0 aliphatic rings. The fourth-order valence-electron chi connectivity index (χ4n) is 1.69. The number of benzene rings is 1. The lowest BCUT2D eigenvalue weighted by molar-refractivity contribution is 0.146. The molecule has 4 N–H and O–H groups in total. The van der Waals surface area contributed by atoms with E-state index < -0.39 is 6.09 Å². The highest BCUT2D eigenvalue weighted by atomic mass is 19.1. The van der Waals surface area contributed by atoms with Crippen LogP contribution in [0.5, 0.6) is 0 Å². The lowest BCUT2D eigenvalue weighted by atomic mass is 10.1. The van der Waals surface area contributed by atoms with Crippen molar-refractivity contribution in [2.24, 2.45) is 5.84 Å². The number of nitrogens with two attached hydrogens (primary N) is 1. The third kappa shape index (κ3) is 2.36. The van der Waals surface area contributed by atoms with Crippen LogP contribution in [0, 0.1) is 5.82 Å². The van der Waals surface area contributed by atoms with E-state index in [2.05, 4.69) is 4.98 Å². The van der Waals surface area contributed by atoms with E-state index in [1.165, 1.54) is 12.1 Å². The molecule has 0 unspecified atom stereocenters. The van der Waals surface area contributed by atoms with Gasteiger partial charge in [-0.3, -0.25) is 0 Å². The highest BCUT2D eigenvalue weighted by Gasteiger charge is 2.09. The molecule has 6 heteroatoms. The standard InChI is InChI=1S/C11H12FN3O2/c12-8-1-2-10-9(5-8)7(6-14-10)3-4-15(13)11(16)17/h1-2,5-6,14H,3-4,13H2,(H,16,17). The molecule has 0 bridgehead atoms. The normalized spacial score (nSPS) is 10.7. The van der Waals surface area contributed by atoms with Gasteiger partial charge in [0.2, 0.25) is 0 Å². The topological polar surface area (TPSA) is 82.3 Å². The Labute approximate surface area is 96.6 Å². The molecule has 0 fully saturated rings. The van der Waals surface area contributed by atoms with Crippen LogP contribution in [-0.2, 0) is 6.42 Å². The smallest absolute Gasteiger partial charge is 0.421 e. The Kier molecular flexibility index (Phi) is 2.97. The van der Waals surface area contributed by atoms with E-state index >= 15 is 0 Å². The lowest BCUT2D eigenvalue weighted by Crippen LogP contribution is -2.37. The molecule has 2 rings (SSSR count). The molecular weight excluding hydrogens is 225 g/mol. The summed E-state index contributed by atoms with van der Waals surface area (Å²) < 4.78 is 13.1. The van der Waals surface area contributed by atoms with Gasteiger partial charge in [0.05, 0.1) is 0 Å². The molecule has 1 heterocycles. The van der Waals surface area contributed by atoms with Crippen LogP contribution in [0.15, 0.2) is 24.4 Å². The number of nitrogens with zero attached hydrogens (tertiary/aromatic N) is 1. The van der Waals surface area contributed by atoms with Gasteiger partial charge >= 0.3 is 6.09 Å². The van der Waals surface area contributed by atoms with Crippen molar-refractivity contribution < 1.29 is 14.3 Å². The first kappa shape index (κ1) is 11.4. The first-order valence-corrected chi connectivity index (χ1v) is 5.08. The zero-order valence-electron chi connectivity index (χ0n) is 8.98. The summed E-state index contributed by atoms with van der Waals surface area (Å²) in [6.07, 6.45) is 0.988. The predicted octanol–water partition coefficient (Wildman–Crippen LogP) is 1.70. The molecule has 2 aromatic rings. The van der Waals surface area contributed by atoms with E-state index in [4.69, 9.17) is 10.9 Å². The second-order valence-electron chi connectivity index (χ2n) is 3.73. The molecule has 0 atom stereocenters. The van der Waals surface area contributed by atoms with Gasteiger partial charge in [0, 0.05) is 23.6 Å². The van der Waals surface area contributed by atoms with Gasteiger partial charge in [-0.25, -0.2) is 20.0 Å². The molecule has 5 nitrogen and oxygen atoms in total. The molecule has 0 saturated heterocycles. The number of carboxylic acid groups (broad SMARTS) is 1. The monoisotopic (exact) mass is 237 g/mol. The van der Waals surface area contributed by atoms with E-state index in [-0.39, 0.29) is 12.4 Å². The molecule has 1 aromatic carbocycles. The van der Waals surface area contributed by atoms with Crippen molar-refractivity contribution >= 4 is 17.0 Å². The zero-order chi connectivity index (χ0) is 12.4. The Morgan fingerprint density at radius 1 is 1.53 bits per heavy atom. The van der Waals surface area contributed by atoms with Crippen molar-refractivity contribution in [1.29, 1.82) is 0 Å². The van der Waals surface area contributed by atoms with Crippen LogP contribution in [0.4, 0.5) is 9.18 Å². The Balaban J connectivity index is 2.19. The van der Waals surface area contributed by atoms with E-state index in [0.29, 0.717) is 11.4 Å². The number of amides is 1. The molecule has 0 aliphatic heterocycles. The summed E-state index contributed by atoms with van der Waals surface area (Å²) in [5.74, 6) is 4.94. The minimum absolute atomic E-state index is 0.165. The van der Waals surface area contributed by atoms with Crippen molar-refractivity contribution in [3.05, 3.63) is 35.8 Å². The molecule has 0 aliphatic carbocycles. The molecule has 0 radical (unpaired) electrons. The second-order valence-corrected chi connectivity index (χ2v) is 3.73. The summed E-state index contributed by atoms with van der Waals surface area (Å²) in [7, 11) is 0. The van der Waals surface area contributed by atoms with Gasteiger partial charge < -0.3 is 10.1 Å². The number of H-pyrrole nitrogens is 1. The number of hydrazine groups is 1. The van der Waals surface area contributed by atoms with E-state index in [1.807, 2.05) is 0 Å². The number of halogens is 1. The van der Waals surface area contributed by atoms with Crippen LogP contribution in [0.1, 0.15) is 5.56 Å². The number of fused-ring (bicyclic) bond motifs is 1. The number of hydrogen-bond donors (Lipinski definition) is 3. The van der Waals surface area contributed by atoms with Gasteiger partial charge in [-0.2, -0.15) is 0 Å². The zero-order valence-corrected chi connectivity index (χ0v) is 8.98. The molecule has 0 saturated carbocycles.